The topological polar surface area (TPSA) is 87.8 Å². The van der Waals surface area contributed by atoms with E-state index in [9.17, 15) is 9.59 Å². The Morgan fingerprint density at radius 2 is 1.88 bits per heavy atom. The van der Waals surface area contributed by atoms with Gasteiger partial charge < -0.3 is 19.3 Å². The fraction of sp³-hybridized carbons (Fsp3) is 0.346. The summed E-state index contributed by atoms with van der Waals surface area (Å²) in [6.07, 6.45) is 0.402. The monoisotopic (exact) mass is 462 g/mol. The van der Waals surface area contributed by atoms with Crippen LogP contribution < -0.4 is 4.74 Å². The quantitative estimate of drug-likeness (QED) is 0.556. The van der Waals surface area contributed by atoms with Gasteiger partial charge in [-0.3, -0.25) is 14.7 Å². The number of carbonyl (C=O) groups is 2. The van der Waals surface area contributed by atoms with Crippen LogP contribution in [-0.2, 0) is 22.6 Å². The maximum Gasteiger partial charge on any atom is 0.274 e. The molecule has 8 nitrogen and oxygen atoms in total. The van der Waals surface area contributed by atoms with Crippen molar-refractivity contribution in [3.63, 3.8) is 0 Å². The molecule has 0 radical (unpaired) electrons. The zero-order valence-corrected chi connectivity index (χ0v) is 19.6. The number of aryl methyl sites for hydroxylation is 1. The third-order valence-electron chi connectivity index (χ3n) is 5.87. The third-order valence-corrected chi connectivity index (χ3v) is 5.87. The number of benzene rings is 2. The van der Waals surface area contributed by atoms with E-state index >= 15 is 0 Å². The maximum absolute atomic E-state index is 13.1. The molecule has 1 aliphatic rings. The summed E-state index contributed by atoms with van der Waals surface area (Å²) in [5, 5.41) is 6.88. The molecule has 1 saturated heterocycles. The van der Waals surface area contributed by atoms with Gasteiger partial charge in [0.05, 0.1) is 19.8 Å². The molecule has 1 N–H and O–H groups in total. The second-order valence-electron chi connectivity index (χ2n) is 8.48. The molecule has 0 saturated carbocycles. The fourth-order valence-corrected chi connectivity index (χ4v) is 4.03. The average Bonchev–Trinajstić information content (AvgIpc) is 3.23. The Morgan fingerprint density at radius 1 is 1.09 bits per heavy atom. The van der Waals surface area contributed by atoms with Gasteiger partial charge in [0.15, 0.2) is 0 Å². The smallest absolute Gasteiger partial charge is 0.274 e. The Labute approximate surface area is 199 Å². The van der Waals surface area contributed by atoms with E-state index in [1.54, 1.807) is 18.1 Å². The van der Waals surface area contributed by atoms with Crippen LogP contribution in [0.3, 0.4) is 0 Å². The number of aromatic amines is 1. The Kier molecular flexibility index (Phi) is 7.59. The maximum atomic E-state index is 13.1. The SMILES string of the molecule is COc1cccc(CO[C@@H]2CN(CCc3ccccc3)C(=O)CN(C(=O)c3cc(C)[nH]n3)C2)c1. The van der Waals surface area contributed by atoms with Crippen LogP contribution >= 0.6 is 0 Å². The molecule has 2 aromatic carbocycles. The van der Waals surface area contributed by atoms with Gasteiger partial charge in [0.2, 0.25) is 5.91 Å². The number of methoxy groups -OCH3 is 1. The predicted octanol–water partition coefficient (Wildman–Crippen LogP) is 2.84. The van der Waals surface area contributed by atoms with Gasteiger partial charge in [-0.15, -0.1) is 0 Å². The van der Waals surface area contributed by atoms with Crippen molar-refractivity contribution in [2.45, 2.75) is 26.1 Å². The first kappa shape index (κ1) is 23.5. The lowest BCUT2D eigenvalue weighted by Crippen LogP contribution is -2.40. The van der Waals surface area contributed by atoms with Gasteiger partial charge in [-0.2, -0.15) is 5.10 Å². The largest absolute Gasteiger partial charge is 0.497 e. The molecular formula is C26H30N4O4. The van der Waals surface area contributed by atoms with Crippen molar-refractivity contribution >= 4 is 11.8 Å². The zero-order chi connectivity index (χ0) is 23.9. The van der Waals surface area contributed by atoms with Gasteiger partial charge in [-0.05, 0) is 42.7 Å². The van der Waals surface area contributed by atoms with E-state index < -0.39 is 0 Å². The van der Waals surface area contributed by atoms with Crippen molar-refractivity contribution in [1.29, 1.82) is 0 Å². The molecule has 4 rings (SSSR count). The van der Waals surface area contributed by atoms with Crippen LogP contribution in [0.15, 0.2) is 60.7 Å². The van der Waals surface area contributed by atoms with Crippen LogP contribution in [0.2, 0.25) is 0 Å². The highest BCUT2D eigenvalue weighted by Crippen LogP contribution is 2.17. The van der Waals surface area contributed by atoms with E-state index in [0.717, 1.165) is 29.0 Å². The van der Waals surface area contributed by atoms with E-state index in [2.05, 4.69) is 22.3 Å². The Balaban J connectivity index is 1.49. The molecule has 0 bridgehead atoms. The minimum absolute atomic E-state index is 0.00144. The van der Waals surface area contributed by atoms with E-state index in [0.29, 0.717) is 31.9 Å². The van der Waals surface area contributed by atoms with Crippen molar-refractivity contribution in [3.8, 4) is 5.75 Å². The molecule has 2 heterocycles. The van der Waals surface area contributed by atoms with Gasteiger partial charge in [-0.25, -0.2) is 0 Å². The van der Waals surface area contributed by atoms with Gasteiger partial charge in [0, 0.05) is 25.3 Å². The summed E-state index contributed by atoms with van der Waals surface area (Å²) in [5.41, 5.74) is 3.22. The number of ether oxygens (including phenoxy) is 2. The summed E-state index contributed by atoms with van der Waals surface area (Å²) in [6.45, 7) is 3.47. The molecule has 0 aliphatic carbocycles. The van der Waals surface area contributed by atoms with Gasteiger partial charge in [0.1, 0.15) is 18.0 Å². The van der Waals surface area contributed by atoms with Crippen molar-refractivity contribution in [2.24, 2.45) is 0 Å². The molecule has 0 unspecified atom stereocenters. The molecule has 0 spiro atoms. The number of rotatable bonds is 8. The molecular weight excluding hydrogens is 432 g/mol. The Morgan fingerprint density at radius 3 is 2.62 bits per heavy atom. The molecule has 1 fully saturated rings. The molecule has 2 amide bonds. The molecule has 8 heteroatoms. The van der Waals surface area contributed by atoms with Gasteiger partial charge in [0.25, 0.3) is 5.91 Å². The number of H-pyrrole nitrogens is 1. The molecule has 34 heavy (non-hydrogen) atoms. The Hall–Kier alpha value is -3.65. The highest BCUT2D eigenvalue weighted by molar-refractivity contribution is 5.95. The van der Waals surface area contributed by atoms with Crippen LogP contribution in [0.1, 0.15) is 27.3 Å². The van der Waals surface area contributed by atoms with Gasteiger partial charge in [-0.1, -0.05) is 42.5 Å². The standard InChI is InChI=1S/C26H30N4O4/c1-19-13-24(28-27-19)26(32)30-16-23(34-18-21-9-6-10-22(14-21)33-2)15-29(25(31)17-30)12-11-20-7-4-3-5-8-20/h3-10,13-14,23H,11-12,15-18H2,1-2H3,(H,27,28)/t23-/m1/s1. The van der Waals surface area contributed by atoms with Crippen molar-refractivity contribution in [1.82, 2.24) is 20.0 Å². The number of nitrogens with zero attached hydrogens (tertiary/aromatic N) is 3. The first-order chi connectivity index (χ1) is 16.5. The second kappa shape index (κ2) is 11.0. The molecule has 1 aromatic heterocycles. The lowest BCUT2D eigenvalue weighted by molar-refractivity contribution is -0.131. The molecule has 3 aromatic rings. The summed E-state index contributed by atoms with van der Waals surface area (Å²) >= 11 is 0. The second-order valence-corrected chi connectivity index (χ2v) is 8.48. The zero-order valence-electron chi connectivity index (χ0n) is 19.6. The van der Waals surface area contributed by atoms with Gasteiger partial charge >= 0.3 is 0 Å². The van der Waals surface area contributed by atoms with Crippen LogP contribution in [0.25, 0.3) is 0 Å². The predicted molar refractivity (Wildman–Crippen MR) is 128 cm³/mol. The molecule has 178 valence electrons. The number of amides is 2. The van der Waals surface area contributed by atoms with Crippen molar-refractivity contribution in [3.05, 3.63) is 83.2 Å². The minimum atomic E-state index is -0.336. The number of carbonyl (C=O) groups excluding carboxylic acids is 2. The van der Waals surface area contributed by atoms with Crippen molar-refractivity contribution in [2.75, 3.05) is 33.3 Å². The van der Waals surface area contributed by atoms with Crippen LogP contribution in [-0.4, -0.2) is 71.2 Å². The summed E-state index contributed by atoms with van der Waals surface area (Å²) in [7, 11) is 1.63. The molecule has 1 atom stereocenters. The summed E-state index contributed by atoms with van der Waals surface area (Å²) in [5.74, 6) is 0.383. The number of hydrogen-bond acceptors (Lipinski definition) is 5. The number of aromatic nitrogens is 2. The Bertz CT molecular complexity index is 1110. The first-order valence-electron chi connectivity index (χ1n) is 11.4. The van der Waals surface area contributed by atoms with E-state index in [1.807, 2.05) is 49.4 Å². The van der Waals surface area contributed by atoms with Crippen LogP contribution in [0, 0.1) is 6.92 Å². The summed E-state index contributed by atoms with van der Waals surface area (Å²) < 4.78 is 11.5. The van der Waals surface area contributed by atoms with Crippen molar-refractivity contribution < 1.29 is 19.1 Å². The summed E-state index contributed by atoms with van der Waals surface area (Å²) in [4.78, 5) is 29.6. The number of nitrogens with one attached hydrogen (secondary N) is 1. The minimum Gasteiger partial charge on any atom is -0.497 e. The first-order valence-corrected chi connectivity index (χ1v) is 11.4. The third kappa shape index (κ3) is 6.02. The fourth-order valence-electron chi connectivity index (χ4n) is 4.03. The lowest BCUT2D eigenvalue weighted by Gasteiger charge is -2.25. The van der Waals surface area contributed by atoms with Crippen LogP contribution in [0.4, 0.5) is 0 Å². The van der Waals surface area contributed by atoms with E-state index in [-0.39, 0.29) is 24.5 Å². The normalized spacial score (nSPS) is 16.4. The lowest BCUT2D eigenvalue weighted by atomic mass is 10.1. The molecule has 1 aliphatic heterocycles. The van der Waals surface area contributed by atoms with E-state index in [1.165, 1.54) is 4.90 Å². The van der Waals surface area contributed by atoms with Crippen LogP contribution in [0.5, 0.6) is 5.75 Å². The highest BCUT2D eigenvalue weighted by Gasteiger charge is 2.32. The average molecular weight is 463 g/mol. The number of hydrogen-bond donors (Lipinski definition) is 1. The van der Waals surface area contributed by atoms with E-state index in [4.69, 9.17) is 9.47 Å². The highest BCUT2D eigenvalue weighted by atomic mass is 16.5. The summed E-state index contributed by atoms with van der Waals surface area (Å²) in [6, 6.07) is 19.4.